The smallest absolute Gasteiger partial charge is 0.261 e. The Morgan fingerprint density at radius 2 is 1.88 bits per heavy atom. The van der Waals surface area contributed by atoms with E-state index in [1.165, 1.54) is 0 Å². The van der Waals surface area contributed by atoms with Crippen molar-refractivity contribution in [3.8, 4) is 17.6 Å². The van der Waals surface area contributed by atoms with Gasteiger partial charge in [0.2, 0.25) is 0 Å². The molecule has 3 aromatic carbocycles. The lowest BCUT2D eigenvalue weighted by Gasteiger charge is -2.14. The van der Waals surface area contributed by atoms with Crippen molar-refractivity contribution in [1.82, 2.24) is 5.32 Å². The number of nitrogens with one attached hydrogen (secondary N) is 1. The summed E-state index contributed by atoms with van der Waals surface area (Å²) < 4.78 is 16.8. The molecule has 0 heterocycles. The highest BCUT2D eigenvalue weighted by Gasteiger charge is 2.11. The average molecular weight is 445 g/mol. The Hall–Kier alpha value is -3.82. The highest BCUT2D eigenvalue weighted by molar-refractivity contribution is 6.01. The molecule has 6 heteroatoms. The Morgan fingerprint density at radius 1 is 1.06 bits per heavy atom. The predicted octanol–water partition coefficient (Wildman–Crippen LogP) is 4.88. The molecule has 0 aromatic heterocycles. The number of amides is 1. The van der Waals surface area contributed by atoms with Crippen LogP contribution < -0.4 is 14.8 Å². The number of rotatable bonds is 11. The second-order valence-electron chi connectivity index (χ2n) is 7.34. The van der Waals surface area contributed by atoms with E-state index >= 15 is 0 Å². The first-order valence-electron chi connectivity index (χ1n) is 10.9. The Labute approximate surface area is 194 Å². The van der Waals surface area contributed by atoms with Gasteiger partial charge in [0.1, 0.15) is 18.2 Å². The van der Waals surface area contributed by atoms with E-state index in [0.29, 0.717) is 49.8 Å². The van der Waals surface area contributed by atoms with Crippen molar-refractivity contribution >= 4 is 22.8 Å². The summed E-state index contributed by atoms with van der Waals surface area (Å²) in [5, 5.41) is 14.5. The van der Waals surface area contributed by atoms with Gasteiger partial charge < -0.3 is 19.5 Å². The minimum atomic E-state index is -0.414. The van der Waals surface area contributed by atoms with E-state index < -0.39 is 5.91 Å². The molecule has 0 radical (unpaired) electrons. The average Bonchev–Trinajstić information content (AvgIpc) is 2.84. The standard InChI is InChI=1S/C27H28N2O4/c1-3-32-26-17-20(16-23(18-28)27(30)29-14-7-15-31-2)12-13-25(26)33-19-22-10-6-9-21-8-4-5-11-24(21)22/h4-6,8-13,16-17H,3,7,14-15,19H2,1-2H3,(H,29,30)/b23-16+. The first-order valence-corrected chi connectivity index (χ1v) is 10.9. The van der Waals surface area contributed by atoms with Crippen LogP contribution in [-0.4, -0.2) is 32.8 Å². The number of nitriles is 1. The minimum absolute atomic E-state index is 0.0271. The normalized spacial score (nSPS) is 11.1. The fourth-order valence-corrected chi connectivity index (χ4v) is 3.40. The largest absolute Gasteiger partial charge is 0.490 e. The first kappa shape index (κ1) is 23.8. The molecule has 0 aliphatic rings. The van der Waals surface area contributed by atoms with Crippen LogP contribution in [-0.2, 0) is 16.1 Å². The lowest BCUT2D eigenvalue weighted by Crippen LogP contribution is -2.26. The van der Waals surface area contributed by atoms with Crippen LogP contribution in [0.5, 0.6) is 11.5 Å². The maximum atomic E-state index is 12.3. The molecule has 0 aliphatic carbocycles. The summed E-state index contributed by atoms with van der Waals surface area (Å²) in [5.41, 5.74) is 1.79. The van der Waals surface area contributed by atoms with Crippen LogP contribution in [0.1, 0.15) is 24.5 Å². The van der Waals surface area contributed by atoms with Crippen molar-refractivity contribution in [2.75, 3.05) is 26.9 Å². The van der Waals surface area contributed by atoms with E-state index in [4.69, 9.17) is 14.2 Å². The molecule has 3 rings (SSSR count). The number of ether oxygens (including phenoxy) is 3. The Kier molecular flexibility index (Phi) is 8.87. The van der Waals surface area contributed by atoms with Gasteiger partial charge in [0.15, 0.2) is 11.5 Å². The van der Waals surface area contributed by atoms with Crippen molar-refractivity contribution in [3.05, 3.63) is 77.4 Å². The van der Waals surface area contributed by atoms with Gasteiger partial charge in [-0.2, -0.15) is 5.26 Å². The predicted molar refractivity (Wildman–Crippen MR) is 129 cm³/mol. The molecule has 1 amide bonds. The molecule has 0 saturated heterocycles. The molecule has 0 spiro atoms. The molecule has 6 nitrogen and oxygen atoms in total. The fraction of sp³-hybridized carbons (Fsp3) is 0.259. The lowest BCUT2D eigenvalue weighted by atomic mass is 10.1. The summed E-state index contributed by atoms with van der Waals surface area (Å²) in [6.07, 6.45) is 2.22. The van der Waals surface area contributed by atoms with Gasteiger partial charge in [-0.25, -0.2) is 0 Å². The van der Waals surface area contributed by atoms with E-state index in [9.17, 15) is 10.1 Å². The van der Waals surface area contributed by atoms with E-state index in [-0.39, 0.29) is 5.57 Å². The van der Waals surface area contributed by atoms with E-state index in [0.717, 1.165) is 16.3 Å². The third kappa shape index (κ3) is 6.58. The van der Waals surface area contributed by atoms with Crippen LogP contribution >= 0.6 is 0 Å². The second-order valence-corrected chi connectivity index (χ2v) is 7.34. The highest BCUT2D eigenvalue weighted by atomic mass is 16.5. The maximum Gasteiger partial charge on any atom is 0.261 e. The fourth-order valence-electron chi connectivity index (χ4n) is 3.40. The first-order chi connectivity index (χ1) is 16.2. The number of hydrogen-bond acceptors (Lipinski definition) is 5. The number of hydrogen-bond donors (Lipinski definition) is 1. The number of carbonyl (C=O) groups is 1. The molecule has 3 aromatic rings. The van der Waals surface area contributed by atoms with Crippen LogP contribution in [0.25, 0.3) is 16.8 Å². The zero-order valence-electron chi connectivity index (χ0n) is 19.0. The molecular formula is C27H28N2O4. The summed E-state index contributed by atoms with van der Waals surface area (Å²) in [5.74, 6) is 0.747. The van der Waals surface area contributed by atoms with Crippen molar-refractivity contribution in [2.45, 2.75) is 20.0 Å². The van der Waals surface area contributed by atoms with Gasteiger partial charge in [-0.05, 0) is 53.5 Å². The zero-order valence-corrected chi connectivity index (χ0v) is 19.0. The second kappa shape index (κ2) is 12.3. The Morgan fingerprint density at radius 3 is 2.67 bits per heavy atom. The van der Waals surface area contributed by atoms with Crippen molar-refractivity contribution in [2.24, 2.45) is 0 Å². The third-order valence-electron chi connectivity index (χ3n) is 5.02. The zero-order chi connectivity index (χ0) is 23.5. The molecule has 0 fully saturated rings. The summed E-state index contributed by atoms with van der Waals surface area (Å²) in [7, 11) is 1.60. The number of methoxy groups -OCH3 is 1. The number of fused-ring (bicyclic) bond motifs is 1. The van der Waals surface area contributed by atoms with Gasteiger partial charge in [-0.1, -0.05) is 48.5 Å². The van der Waals surface area contributed by atoms with Gasteiger partial charge in [0.25, 0.3) is 5.91 Å². The quantitative estimate of drug-likeness (QED) is 0.259. The van der Waals surface area contributed by atoms with Gasteiger partial charge in [-0.3, -0.25) is 4.79 Å². The number of carbonyl (C=O) groups excluding carboxylic acids is 1. The molecule has 0 bridgehead atoms. The number of nitrogens with zero attached hydrogens (tertiary/aromatic N) is 1. The SMILES string of the molecule is CCOc1cc(/C=C(\C#N)C(=O)NCCCOC)ccc1OCc1cccc2ccccc12. The van der Waals surface area contributed by atoms with Crippen LogP contribution in [0.4, 0.5) is 0 Å². The molecule has 0 saturated carbocycles. The molecule has 170 valence electrons. The number of benzene rings is 3. The molecular weight excluding hydrogens is 416 g/mol. The van der Waals surface area contributed by atoms with Crippen LogP contribution in [0, 0.1) is 11.3 Å². The van der Waals surface area contributed by atoms with Crippen LogP contribution in [0.2, 0.25) is 0 Å². The van der Waals surface area contributed by atoms with Gasteiger partial charge >= 0.3 is 0 Å². The molecule has 0 unspecified atom stereocenters. The minimum Gasteiger partial charge on any atom is -0.490 e. The third-order valence-corrected chi connectivity index (χ3v) is 5.02. The molecule has 33 heavy (non-hydrogen) atoms. The molecule has 1 N–H and O–H groups in total. The summed E-state index contributed by atoms with van der Waals surface area (Å²) in [4.78, 5) is 12.3. The van der Waals surface area contributed by atoms with Crippen molar-refractivity contribution < 1.29 is 19.0 Å². The monoisotopic (exact) mass is 444 g/mol. The van der Waals surface area contributed by atoms with Gasteiger partial charge in [0, 0.05) is 20.3 Å². The van der Waals surface area contributed by atoms with Crippen LogP contribution in [0.3, 0.4) is 0 Å². The van der Waals surface area contributed by atoms with Crippen molar-refractivity contribution in [3.63, 3.8) is 0 Å². The van der Waals surface area contributed by atoms with E-state index in [1.54, 1.807) is 31.4 Å². The maximum absolute atomic E-state index is 12.3. The van der Waals surface area contributed by atoms with Crippen LogP contribution in [0.15, 0.2) is 66.2 Å². The van der Waals surface area contributed by atoms with E-state index in [2.05, 4.69) is 23.5 Å². The highest BCUT2D eigenvalue weighted by Crippen LogP contribution is 2.31. The molecule has 0 aliphatic heterocycles. The lowest BCUT2D eigenvalue weighted by molar-refractivity contribution is -0.117. The van der Waals surface area contributed by atoms with E-state index in [1.807, 2.05) is 37.3 Å². The summed E-state index contributed by atoms with van der Waals surface area (Å²) in [6, 6.07) is 21.7. The van der Waals surface area contributed by atoms with Crippen molar-refractivity contribution in [1.29, 1.82) is 5.26 Å². The Balaban J connectivity index is 1.76. The topological polar surface area (TPSA) is 80.6 Å². The van der Waals surface area contributed by atoms with Gasteiger partial charge in [0.05, 0.1) is 6.61 Å². The summed E-state index contributed by atoms with van der Waals surface area (Å²) >= 11 is 0. The molecule has 0 atom stereocenters. The summed E-state index contributed by atoms with van der Waals surface area (Å²) in [6.45, 7) is 3.73. The van der Waals surface area contributed by atoms with Gasteiger partial charge in [-0.15, -0.1) is 0 Å². The Bertz CT molecular complexity index is 1160.